The molecule has 0 saturated heterocycles. The van der Waals surface area contributed by atoms with Crippen LogP contribution in [0.15, 0.2) is 0 Å². The van der Waals surface area contributed by atoms with E-state index in [-0.39, 0.29) is 25.7 Å². The molecule has 0 amide bonds. The number of carbonyl (C=O) groups is 4. The molecule has 0 heterocycles. The highest BCUT2D eigenvalue weighted by Crippen LogP contribution is 2.45. The van der Waals surface area contributed by atoms with Crippen LogP contribution in [0.25, 0.3) is 0 Å². The van der Waals surface area contributed by atoms with Crippen LogP contribution in [-0.2, 0) is 65.4 Å². The van der Waals surface area contributed by atoms with Gasteiger partial charge in [-0.05, 0) is 43.4 Å². The molecule has 0 bridgehead atoms. The summed E-state index contributed by atoms with van der Waals surface area (Å²) in [7, 11) is -9.92. The molecule has 0 rings (SSSR count). The van der Waals surface area contributed by atoms with Crippen LogP contribution >= 0.6 is 15.6 Å². The summed E-state index contributed by atoms with van der Waals surface area (Å²) < 4.78 is 68.7. The summed E-state index contributed by atoms with van der Waals surface area (Å²) in [5, 5.41) is 10.6. The number of hydrogen-bond acceptors (Lipinski definition) is 15. The summed E-state index contributed by atoms with van der Waals surface area (Å²) in [6, 6.07) is 0. The fourth-order valence-corrected chi connectivity index (χ4v) is 14.0. The average molecular weight is 1470 g/mol. The first-order valence-corrected chi connectivity index (χ1v) is 44.9. The van der Waals surface area contributed by atoms with Gasteiger partial charge in [0.1, 0.15) is 19.3 Å². The average Bonchev–Trinajstić information content (AvgIpc) is 0.998. The van der Waals surface area contributed by atoms with Crippen molar-refractivity contribution in [1.29, 1.82) is 0 Å². The molecule has 0 aromatic heterocycles. The van der Waals surface area contributed by atoms with E-state index in [2.05, 4.69) is 48.5 Å². The second kappa shape index (κ2) is 71.3. The summed E-state index contributed by atoms with van der Waals surface area (Å²) >= 11 is 0. The van der Waals surface area contributed by atoms with Gasteiger partial charge in [-0.2, -0.15) is 0 Å². The first kappa shape index (κ1) is 98.1. The minimum absolute atomic E-state index is 0.105. The van der Waals surface area contributed by atoms with Gasteiger partial charge in [-0.3, -0.25) is 37.3 Å². The number of hydrogen-bond donors (Lipinski definition) is 3. The Hall–Kier alpha value is -1.94. The minimum Gasteiger partial charge on any atom is -0.462 e. The predicted molar refractivity (Wildman–Crippen MR) is 409 cm³/mol. The molecule has 0 radical (unpaired) electrons. The number of rotatable bonds is 79. The van der Waals surface area contributed by atoms with Crippen molar-refractivity contribution >= 4 is 39.5 Å². The number of phosphoric acid groups is 2. The Balaban J connectivity index is 5.23. The molecule has 0 aliphatic carbocycles. The molecule has 0 aliphatic heterocycles. The topological polar surface area (TPSA) is 237 Å². The van der Waals surface area contributed by atoms with Crippen LogP contribution in [0.1, 0.15) is 421 Å². The minimum atomic E-state index is -4.96. The van der Waals surface area contributed by atoms with Crippen molar-refractivity contribution in [3.8, 4) is 0 Å². The molecule has 3 N–H and O–H groups in total. The summed E-state index contributed by atoms with van der Waals surface area (Å²) in [5.74, 6) is 0.202. The third-order valence-electron chi connectivity index (χ3n) is 19.6. The zero-order chi connectivity index (χ0) is 73.7. The summed E-state index contributed by atoms with van der Waals surface area (Å²) in [6.07, 6.45) is 59.7. The van der Waals surface area contributed by atoms with Crippen LogP contribution in [0.4, 0.5) is 0 Å². The fraction of sp³-hybridized carbons (Fsp3) is 0.951. The van der Waals surface area contributed by atoms with E-state index in [0.717, 1.165) is 114 Å². The molecule has 0 saturated carbocycles. The van der Waals surface area contributed by atoms with E-state index >= 15 is 0 Å². The van der Waals surface area contributed by atoms with E-state index in [4.69, 9.17) is 37.0 Å². The van der Waals surface area contributed by atoms with Gasteiger partial charge in [0, 0.05) is 25.7 Å². The Kier molecular flexibility index (Phi) is 69.9. The number of ether oxygens (including phenoxy) is 4. The molecule has 0 aliphatic rings. The zero-order valence-corrected chi connectivity index (χ0v) is 67.5. The molecule has 594 valence electrons. The fourth-order valence-electron chi connectivity index (χ4n) is 12.4. The Morgan fingerprint density at radius 3 is 0.760 bits per heavy atom. The van der Waals surface area contributed by atoms with Crippen LogP contribution in [0.2, 0.25) is 0 Å². The van der Waals surface area contributed by atoms with Crippen molar-refractivity contribution in [2.75, 3.05) is 39.6 Å². The number of esters is 4. The lowest BCUT2D eigenvalue weighted by atomic mass is 9.99. The smallest absolute Gasteiger partial charge is 0.462 e. The van der Waals surface area contributed by atoms with Crippen molar-refractivity contribution in [1.82, 2.24) is 0 Å². The van der Waals surface area contributed by atoms with Crippen LogP contribution < -0.4 is 0 Å². The summed E-state index contributed by atoms with van der Waals surface area (Å²) in [5.41, 5.74) is 0. The lowest BCUT2D eigenvalue weighted by Gasteiger charge is -2.21. The first-order valence-electron chi connectivity index (χ1n) is 41.9. The standard InChI is InChI=1S/C81H158O17P2/c1-8-11-12-13-14-15-16-17-18-19-20-21-22-23-24-25-30-36-41-50-57-64-80(85)97-76(68-91-78(83)62-55-48-40-35-29-27-26-28-33-38-45-52-59-72(4)5)70-95-99(87,88)93-66-75(82)67-94-100(89,90)96-71-77(69-92-79(84)63-56-49-44-43-47-54-61-74(7)10-3)98-81(86)65-58-51-42-37-32-31-34-39-46-53-60-73(6)9-2/h72-77,82H,8-71H2,1-7H3,(H,87,88)(H,89,90)/t73?,74?,75-,76-,77-/m1/s1. The Morgan fingerprint density at radius 2 is 0.510 bits per heavy atom. The summed E-state index contributed by atoms with van der Waals surface area (Å²) in [4.78, 5) is 73.0. The van der Waals surface area contributed by atoms with Crippen molar-refractivity contribution < 1.29 is 80.2 Å². The summed E-state index contributed by atoms with van der Waals surface area (Å²) in [6.45, 7) is 11.9. The van der Waals surface area contributed by atoms with Gasteiger partial charge in [0.15, 0.2) is 12.2 Å². The van der Waals surface area contributed by atoms with E-state index in [1.165, 1.54) is 225 Å². The monoisotopic (exact) mass is 1470 g/mol. The van der Waals surface area contributed by atoms with Gasteiger partial charge in [-0.25, -0.2) is 9.13 Å². The molecular weight excluding hydrogens is 1310 g/mol. The molecule has 0 aromatic carbocycles. The van der Waals surface area contributed by atoms with E-state index in [1.807, 2.05) is 0 Å². The van der Waals surface area contributed by atoms with Crippen molar-refractivity contribution in [2.24, 2.45) is 17.8 Å². The highest BCUT2D eigenvalue weighted by atomic mass is 31.2. The van der Waals surface area contributed by atoms with E-state index < -0.39 is 97.5 Å². The lowest BCUT2D eigenvalue weighted by molar-refractivity contribution is -0.161. The van der Waals surface area contributed by atoms with Crippen molar-refractivity contribution in [2.45, 2.75) is 439 Å². The molecule has 4 unspecified atom stereocenters. The Bertz CT molecular complexity index is 1940. The van der Waals surface area contributed by atoms with E-state index in [0.29, 0.717) is 25.7 Å². The number of aliphatic hydroxyl groups is 1. The number of aliphatic hydroxyl groups excluding tert-OH is 1. The zero-order valence-electron chi connectivity index (χ0n) is 65.7. The molecule has 0 aromatic rings. The number of unbranched alkanes of at least 4 members (excludes halogenated alkanes) is 45. The van der Waals surface area contributed by atoms with E-state index in [9.17, 15) is 43.2 Å². The maximum absolute atomic E-state index is 13.1. The lowest BCUT2D eigenvalue weighted by Crippen LogP contribution is -2.30. The van der Waals surface area contributed by atoms with Gasteiger partial charge < -0.3 is 33.8 Å². The SMILES string of the molecule is CCCCCCCCCCCCCCCCCCCCCCCC(=O)O[C@H](COC(=O)CCCCCCCCCCCCCCC(C)C)COP(=O)(O)OC[C@@H](O)COP(=O)(O)OC[C@@H](COC(=O)CCCCCCCCC(C)CC)OC(=O)CCCCCCCCCCCCC(C)CC. The van der Waals surface area contributed by atoms with Gasteiger partial charge in [-0.15, -0.1) is 0 Å². The van der Waals surface area contributed by atoms with Gasteiger partial charge in [-0.1, -0.05) is 370 Å². The highest BCUT2D eigenvalue weighted by Gasteiger charge is 2.30. The third-order valence-corrected chi connectivity index (χ3v) is 21.5. The number of carbonyl (C=O) groups excluding carboxylic acids is 4. The largest absolute Gasteiger partial charge is 0.472 e. The Morgan fingerprint density at radius 1 is 0.290 bits per heavy atom. The molecule has 17 nitrogen and oxygen atoms in total. The third kappa shape index (κ3) is 71.7. The van der Waals surface area contributed by atoms with Crippen LogP contribution in [-0.4, -0.2) is 96.7 Å². The highest BCUT2D eigenvalue weighted by molar-refractivity contribution is 7.47. The Labute approximate surface area is 613 Å². The normalized spacial score (nSPS) is 14.5. The van der Waals surface area contributed by atoms with Crippen LogP contribution in [0.3, 0.4) is 0 Å². The van der Waals surface area contributed by atoms with E-state index in [1.54, 1.807) is 0 Å². The van der Waals surface area contributed by atoms with Crippen LogP contribution in [0, 0.1) is 17.8 Å². The van der Waals surface area contributed by atoms with Gasteiger partial charge in [0.2, 0.25) is 0 Å². The maximum atomic E-state index is 13.1. The maximum Gasteiger partial charge on any atom is 0.472 e. The van der Waals surface area contributed by atoms with Crippen molar-refractivity contribution in [3.63, 3.8) is 0 Å². The first-order chi connectivity index (χ1) is 48.3. The predicted octanol–water partition coefficient (Wildman–Crippen LogP) is 24.1. The molecule has 0 fully saturated rings. The molecule has 7 atom stereocenters. The van der Waals surface area contributed by atoms with Gasteiger partial charge in [0.25, 0.3) is 0 Å². The van der Waals surface area contributed by atoms with Gasteiger partial charge in [0.05, 0.1) is 26.4 Å². The molecule has 19 heteroatoms. The second-order valence-electron chi connectivity index (χ2n) is 30.1. The van der Waals surface area contributed by atoms with Gasteiger partial charge >= 0.3 is 39.5 Å². The van der Waals surface area contributed by atoms with Crippen LogP contribution in [0.5, 0.6) is 0 Å². The molecule has 100 heavy (non-hydrogen) atoms. The quantitative estimate of drug-likeness (QED) is 0.0222. The molecular formula is C81H158O17P2. The second-order valence-corrected chi connectivity index (χ2v) is 33.0. The van der Waals surface area contributed by atoms with Crippen molar-refractivity contribution in [3.05, 3.63) is 0 Å². The molecule has 0 spiro atoms. The number of phosphoric ester groups is 2.